The molecule has 0 saturated carbocycles. The first kappa shape index (κ1) is 18.3. The van der Waals surface area contributed by atoms with E-state index < -0.39 is 17.8 Å². The third-order valence-corrected chi connectivity index (χ3v) is 5.17. The normalized spacial score (nSPS) is 16.4. The van der Waals surface area contributed by atoms with Crippen LogP contribution in [0.2, 0.25) is 0 Å². The van der Waals surface area contributed by atoms with Gasteiger partial charge >= 0.3 is 0 Å². The van der Waals surface area contributed by atoms with Crippen molar-refractivity contribution in [2.45, 2.75) is 13.0 Å². The van der Waals surface area contributed by atoms with Crippen LogP contribution in [0.5, 0.6) is 5.75 Å². The molecular formula is C19H19FN2O3S. The molecule has 136 valence electrons. The maximum atomic E-state index is 14.1. The van der Waals surface area contributed by atoms with Crippen LogP contribution in [-0.4, -0.2) is 41.5 Å². The summed E-state index contributed by atoms with van der Waals surface area (Å²) in [6, 6.07) is 10.7. The van der Waals surface area contributed by atoms with Crippen LogP contribution in [0.4, 0.5) is 10.1 Å². The van der Waals surface area contributed by atoms with Gasteiger partial charge in [0.1, 0.15) is 17.6 Å². The first-order valence-corrected chi connectivity index (χ1v) is 9.25. The number of ether oxygens (including phenoxy) is 1. The maximum Gasteiger partial charge on any atom is 0.258 e. The highest BCUT2D eigenvalue weighted by Gasteiger charge is 2.36. The lowest BCUT2D eigenvalue weighted by molar-refractivity contribution is -0.119. The standard InChI is InChI=1S/C19H19FN2O3S/c1-12-3-8-16(20)15(9-12)19(24)22-11-26-10-17(22)18(23)21-13-4-6-14(25-2)7-5-13/h3-9,17H,10-11H2,1-2H3,(H,21,23)/t17-/m0/s1. The van der Waals surface area contributed by atoms with E-state index in [2.05, 4.69) is 5.32 Å². The summed E-state index contributed by atoms with van der Waals surface area (Å²) in [5.74, 6) is 0.180. The SMILES string of the molecule is COc1ccc(NC(=O)[C@@H]2CSCN2C(=O)c2cc(C)ccc2F)cc1. The number of nitrogens with one attached hydrogen (secondary N) is 1. The average Bonchev–Trinajstić information content (AvgIpc) is 3.13. The molecule has 1 heterocycles. The summed E-state index contributed by atoms with van der Waals surface area (Å²) in [4.78, 5) is 26.8. The molecule has 26 heavy (non-hydrogen) atoms. The monoisotopic (exact) mass is 374 g/mol. The van der Waals surface area contributed by atoms with Crippen molar-refractivity contribution in [1.82, 2.24) is 4.90 Å². The molecule has 5 nitrogen and oxygen atoms in total. The molecule has 0 bridgehead atoms. The summed E-state index contributed by atoms with van der Waals surface area (Å²) in [5, 5.41) is 2.80. The number of methoxy groups -OCH3 is 1. The van der Waals surface area contributed by atoms with Crippen LogP contribution in [0, 0.1) is 12.7 Å². The number of hydrogen-bond acceptors (Lipinski definition) is 4. The predicted molar refractivity (Wildman–Crippen MR) is 100 cm³/mol. The molecule has 0 aromatic heterocycles. The van der Waals surface area contributed by atoms with Crippen molar-refractivity contribution in [1.29, 1.82) is 0 Å². The third-order valence-electron chi connectivity index (χ3n) is 4.16. The molecule has 7 heteroatoms. The number of thioether (sulfide) groups is 1. The molecular weight excluding hydrogens is 355 g/mol. The fourth-order valence-electron chi connectivity index (χ4n) is 2.72. The summed E-state index contributed by atoms with van der Waals surface area (Å²) in [7, 11) is 1.57. The van der Waals surface area contributed by atoms with Crippen LogP contribution < -0.4 is 10.1 Å². The Hall–Kier alpha value is -2.54. The Balaban J connectivity index is 1.75. The molecule has 0 aliphatic carbocycles. The Kier molecular flexibility index (Phi) is 5.46. The second-order valence-electron chi connectivity index (χ2n) is 5.99. The topological polar surface area (TPSA) is 58.6 Å². The van der Waals surface area contributed by atoms with Gasteiger partial charge < -0.3 is 15.0 Å². The van der Waals surface area contributed by atoms with Gasteiger partial charge in [-0.2, -0.15) is 0 Å². The highest BCUT2D eigenvalue weighted by Crippen LogP contribution is 2.26. The molecule has 2 aromatic rings. The highest BCUT2D eigenvalue weighted by molar-refractivity contribution is 7.99. The van der Waals surface area contributed by atoms with Gasteiger partial charge in [0.2, 0.25) is 5.91 Å². The fraction of sp³-hybridized carbons (Fsp3) is 0.263. The molecule has 1 aliphatic heterocycles. The molecule has 3 rings (SSSR count). The molecule has 1 N–H and O–H groups in total. The number of carbonyl (C=O) groups is 2. The van der Waals surface area contributed by atoms with E-state index in [0.29, 0.717) is 23.1 Å². The molecule has 1 aliphatic rings. The van der Waals surface area contributed by atoms with Gasteiger partial charge in [0.25, 0.3) is 5.91 Å². The molecule has 1 atom stereocenters. The maximum absolute atomic E-state index is 14.1. The largest absolute Gasteiger partial charge is 0.497 e. The van der Waals surface area contributed by atoms with E-state index >= 15 is 0 Å². The number of halogens is 1. The molecule has 2 amide bonds. The Morgan fingerprint density at radius 3 is 2.65 bits per heavy atom. The van der Waals surface area contributed by atoms with Gasteiger partial charge in [-0.25, -0.2) is 4.39 Å². The lowest BCUT2D eigenvalue weighted by atomic mass is 10.1. The average molecular weight is 374 g/mol. The Bertz CT molecular complexity index is 826. The number of nitrogens with zero attached hydrogens (tertiary/aromatic N) is 1. The fourth-order valence-corrected chi connectivity index (χ4v) is 3.87. The minimum Gasteiger partial charge on any atom is -0.497 e. The van der Waals surface area contributed by atoms with Crippen LogP contribution >= 0.6 is 11.8 Å². The van der Waals surface area contributed by atoms with E-state index in [1.54, 1.807) is 44.4 Å². The first-order valence-electron chi connectivity index (χ1n) is 8.09. The van der Waals surface area contributed by atoms with Crippen molar-refractivity contribution < 1.29 is 18.7 Å². The number of carbonyl (C=O) groups excluding carboxylic acids is 2. The molecule has 2 aromatic carbocycles. The first-order chi connectivity index (χ1) is 12.5. The van der Waals surface area contributed by atoms with E-state index in [-0.39, 0.29) is 11.5 Å². The summed E-state index contributed by atoms with van der Waals surface area (Å²) < 4.78 is 19.1. The summed E-state index contributed by atoms with van der Waals surface area (Å²) >= 11 is 1.47. The van der Waals surface area contributed by atoms with Gasteiger partial charge in [0, 0.05) is 11.4 Å². The van der Waals surface area contributed by atoms with E-state index in [1.807, 2.05) is 0 Å². The Morgan fingerprint density at radius 1 is 1.23 bits per heavy atom. The molecule has 0 radical (unpaired) electrons. The lowest BCUT2D eigenvalue weighted by Crippen LogP contribution is -2.44. The van der Waals surface area contributed by atoms with Gasteiger partial charge in [-0.1, -0.05) is 11.6 Å². The van der Waals surface area contributed by atoms with Crippen molar-refractivity contribution in [3.05, 3.63) is 59.4 Å². The van der Waals surface area contributed by atoms with Crippen molar-refractivity contribution in [3.63, 3.8) is 0 Å². The third kappa shape index (κ3) is 3.83. The van der Waals surface area contributed by atoms with E-state index in [4.69, 9.17) is 4.74 Å². The van der Waals surface area contributed by atoms with E-state index in [0.717, 1.165) is 5.56 Å². The molecule has 0 unspecified atom stereocenters. The number of anilines is 1. The van der Waals surface area contributed by atoms with Gasteiger partial charge in [-0.05, 0) is 43.3 Å². The summed E-state index contributed by atoms with van der Waals surface area (Å²) in [6.45, 7) is 1.79. The number of benzene rings is 2. The van der Waals surface area contributed by atoms with Gasteiger partial charge in [-0.15, -0.1) is 11.8 Å². The highest BCUT2D eigenvalue weighted by atomic mass is 32.2. The zero-order valence-electron chi connectivity index (χ0n) is 14.5. The van der Waals surface area contributed by atoms with Crippen molar-refractivity contribution in [2.24, 2.45) is 0 Å². The quantitative estimate of drug-likeness (QED) is 0.892. The summed E-state index contributed by atoms with van der Waals surface area (Å²) in [6.07, 6.45) is 0. The molecule has 0 spiro atoms. The van der Waals surface area contributed by atoms with Crippen LogP contribution in [0.3, 0.4) is 0 Å². The van der Waals surface area contributed by atoms with Crippen molar-refractivity contribution in [2.75, 3.05) is 24.1 Å². The number of rotatable bonds is 4. The Morgan fingerprint density at radius 2 is 1.96 bits per heavy atom. The van der Waals surface area contributed by atoms with Crippen LogP contribution in [0.15, 0.2) is 42.5 Å². The van der Waals surface area contributed by atoms with Crippen LogP contribution in [-0.2, 0) is 4.79 Å². The zero-order valence-corrected chi connectivity index (χ0v) is 15.3. The van der Waals surface area contributed by atoms with Gasteiger partial charge in [0.15, 0.2) is 0 Å². The lowest BCUT2D eigenvalue weighted by Gasteiger charge is -2.23. The predicted octanol–water partition coefficient (Wildman–Crippen LogP) is 3.30. The molecule has 1 fully saturated rings. The molecule has 1 saturated heterocycles. The van der Waals surface area contributed by atoms with Crippen molar-refractivity contribution in [3.8, 4) is 5.75 Å². The Labute approximate surface area is 155 Å². The summed E-state index contributed by atoms with van der Waals surface area (Å²) in [5.41, 5.74) is 1.40. The van der Waals surface area contributed by atoms with Crippen LogP contribution in [0.1, 0.15) is 15.9 Å². The second-order valence-corrected chi connectivity index (χ2v) is 6.99. The van der Waals surface area contributed by atoms with Crippen molar-refractivity contribution >= 4 is 29.3 Å². The van der Waals surface area contributed by atoms with Gasteiger partial charge in [-0.3, -0.25) is 9.59 Å². The van der Waals surface area contributed by atoms with E-state index in [1.165, 1.54) is 28.8 Å². The zero-order chi connectivity index (χ0) is 18.7. The minimum absolute atomic E-state index is 0.00486. The number of amides is 2. The van der Waals surface area contributed by atoms with Gasteiger partial charge in [0.05, 0.1) is 18.6 Å². The number of aryl methyl sites for hydroxylation is 1. The smallest absolute Gasteiger partial charge is 0.258 e. The van der Waals surface area contributed by atoms with Crippen LogP contribution in [0.25, 0.3) is 0 Å². The number of hydrogen-bond donors (Lipinski definition) is 1. The van der Waals surface area contributed by atoms with E-state index in [9.17, 15) is 14.0 Å². The minimum atomic E-state index is -0.644. The second kappa shape index (κ2) is 7.78.